The summed E-state index contributed by atoms with van der Waals surface area (Å²) in [6, 6.07) is 27.5. The van der Waals surface area contributed by atoms with E-state index in [0.29, 0.717) is 10.2 Å². The molecule has 0 bridgehead atoms. The Hall–Kier alpha value is -2.77. The number of alkyl halides is 1. The van der Waals surface area contributed by atoms with Gasteiger partial charge in [-0.2, -0.15) is 0 Å². The number of rotatable bonds is 8. The van der Waals surface area contributed by atoms with E-state index in [0.717, 1.165) is 36.5 Å². The summed E-state index contributed by atoms with van der Waals surface area (Å²) < 4.78 is 43.3. The smallest absolute Gasteiger partial charge is 0.164 e. The van der Waals surface area contributed by atoms with Gasteiger partial charge in [-0.25, -0.2) is 8.78 Å². The van der Waals surface area contributed by atoms with E-state index in [1.807, 2.05) is 36.4 Å². The summed E-state index contributed by atoms with van der Waals surface area (Å²) in [5.41, 5.74) is -0.104. The highest BCUT2D eigenvalue weighted by Gasteiger charge is 2.52. The lowest BCUT2D eigenvalue weighted by atomic mass is 9.71. The Kier molecular flexibility index (Phi) is 7.39. The highest BCUT2D eigenvalue weighted by atomic mass is 127. The summed E-state index contributed by atoms with van der Waals surface area (Å²) in [7, 11) is 0. The quantitative estimate of drug-likeness (QED) is 0.116. The molecule has 0 amide bonds. The molecule has 0 aliphatic heterocycles. The van der Waals surface area contributed by atoms with E-state index >= 15 is 4.39 Å². The van der Waals surface area contributed by atoms with E-state index in [-0.39, 0.29) is 11.5 Å². The van der Waals surface area contributed by atoms with Crippen molar-refractivity contribution in [1.82, 2.24) is 0 Å². The van der Waals surface area contributed by atoms with Crippen LogP contribution in [0.1, 0.15) is 41.7 Å². The van der Waals surface area contributed by atoms with E-state index in [4.69, 9.17) is 9.15 Å². The number of hydrogen-bond donors (Lipinski definition) is 0. The van der Waals surface area contributed by atoms with Gasteiger partial charge in [0.05, 0.1) is 6.26 Å². The lowest BCUT2D eigenvalue weighted by molar-refractivity contribution is -0.144. The van der Waals surface area contributed by atoms with Crippen LogP contribution in [0.2, 0.25) is 0 Å². The molecule has 4 aromatic rings. The van der Waals surface area contributed by atoms with Crippen LogP contribution in [-0.4, -0.2) is 4.43 Å². The summed E-state index contributed by atoms with van der Waals surface area (Å²) in [5, 5.41) is 0. The number of furan rings is 1. The average molecular weight is 596 g/mol. The molecule has 5 rings (SSSR count). The Bertz CT molecular complexity index is 1270. The number of allylic oxidation sites excluding steroid dienone is 1. The Balaban J connectivity index is 1.83. The molecule has 0 fully saturated rings. The first-order chi connectivity index (χ1) is 17.6. The largest absolute Gasteiger partial charge is 0.466 e. The molecule has 36 heavy (non-hydrogen) atoms. The normalized spacial score (nSPS) is 17.6. The van der Waals surface area contributed by atoms with E-state index in [9.17, 15) is 4.39 Å². The van der Waals surface area contributed by atoms with Gasteiger partial charge >= 0.3 is 0 Å². The maximum Gasteiger partial charge on any atom is 0.164 e. The fourth-order valence-corrected chi connectivity index (χ4v) is 6.26. The molecule has 0 N–H and O–H groups in total. The van der Waals surface area contributed by atoms with E-state index in [2.05, 4.69) is 59.0 Å². The van der Waals surface area contributed by atoms with Crippen molar-refractivity contribution in [3.05, 3.63) is 143 Å². The summed E-state index contributed by atoms with van der Waals surface area (Å²) >= 11 is 2.22. The van der Waals surface area contributed by atoms with Crippen molar-refractivity contribution < 1.29 is 17.9 Å². The molecule has 2 atom stereocenters. The maximum atomic E-state index is 15.6. The standard InChI is InChI=1S/C31H27F2IO2/c32-26-18-19-27(28(33)21-26)30(22-34,29-17-10-20-35-29)36-31(23-11-4-1-5-12-23,24-13-6-2-7-14-24)25-15-8-3-9-16-25/h1-2,4-8,10-15,17-21,25H,3,9,16,22H2/t25-,30+/m0/s1. The van der Waals surface area contributed by atoms with Gasteiger partial charge in [0.15, 0.2) is 5.60 Å². The number of halogens is 3. The third-order valence-electron chi connectivity index (χ3n) is 6.99. The lowest BCUT2D eigenvalue weighted by Crippen LogP contribution is -2.48. The fourth-order valence-electron chi connectivity index (χ4n) is 5.31. The molecule has 3 aromatic carbocycles. The Morgan fingerprint density at radius 1 is 0.889 bits per heavy atom. The zero-order valence-electron chi connectivity index (χ0n) is 19.7. The predicted molar refractivity (Wildman–Crippen MR) is 146 cm³/mol. The minimum atomic E-state index is -1.32. The minimum absolute atomic E-state index is 0.0168. The highest BCUT2D eigenvalue weighted by Crippen LogP contribution is 2.52. The first-order valence-electron chi connectivity index (χ1n) is 12.1. The molecule has 1 aliphatic carbocycles. The third-order valence-corrected chi connectivity index (χ3v) is 8.06. The first kappa shape index (κ1) is 24.9. The monoisotopic (exact) mass is 596 g/mol. The summed E-state index contributed by atoms with van der Waals surface area (Å²) in [5.74, 6) is -0.849. The van der Waals surface area contributed by atoms with Gasteiger partial charge in [-0.3, -0.25) is 0 Å². The van der Waals surface area contributed by atoms with Gasteiger partial charge in [0.2, 0.25) is 0 Å². The van der Waals surface area contributed by atoms with Gasteiger partial charge in [0.1, 0.15) is 23.0 Å². The number of benzene rings is 3. The molecule has 0 saturated carbocycles. The van der Waals surface area contributed by atoms with E-state index in [1.54, 1.807) is 18.4 Å². The average Bonchev–Trinajstić information content (AvgIpc) is 3.48. The molecular formula is C31H27F2IO2. The lowest BCUT2D eigenvalue weighted by Gasteiger charge is -2.47. The maximum absolute atomic E-state index is 15.6. The van der Waals surface area contributed by atoms with Crippen molar-refractivity contribution in [2.45, 2.75) is 30.5 Å². The second kappa shape index (κ2) is 10.7. The van der Waals surface area contributed by atoms with Crippen molar-refractivity contribution in [1.29, 1.82) is 0 Å². The Morgan fingerprint density at radius 2 is 1.58 bits per heavy atom. The topological polar surface area (TPSA) is 22.4 Å². The summed E-state index contributed by atoms with van der Waals surface area (Å²) in [4.78, 5) is 0. The van der Waals surface area contributed by atoms with Gasteiger partial charge in [-0.05, 0) is 54.7 Å². The van der Waals surface area contributed by atoms with Crippen LogP contribution in [0.4, 0.5) is 8.78 Å². The number of hydrogen-bond acceptors (Lipinski definition) is 2. The third kappa shape index (κ3) is 4.43. The molecule has 2 nitrogen and oxygen atoms in total. The van der Waals surface area contributed by atoms with Crippen LogP contribution in [0.5, 0.6) is 0 Å². The van der Waals surface area contributed by atoms with E-state index < -0.39 is 22.8 Å². The summed E-state index contributed by atoms with van der Waals surface area (Å²) in [6.07, 6.45) is 8.93. The predicted octanol–water partition coefficient (Wildman–Crippen LogP) is 8.55. The van der Waals surface area contributed by atoms with Gasteiger partial charge in [0.25, 0.3) is 0 Å². The molecule has 0 unspecified atom stereocenters. The Morgan fingerprint density at radius 3 is 2.11 bits per heavy atom. The van der Waals surface area contributed by atoms with Gasteiger partial charge in [-0.1, -0.05) is 95.4 Å². The molecule has 0 spiro atoms. The highest BCUT2D eigenvalue weighted by molar-refractivity contribution is 14.1. The number of ether oxygens (including phenoxy) is 1. The van der Waals surface area contributed by atoms with Crippen molar-refractivity contribution in [2.24, 2.45) is 5.92 Å². The molecule has 1 heterocycles. The van der Waals surface area contributed by atoms with Crippen LogP contribution < -0.4 is 0 Å². The minimum Gasteiger partial charge on any atom is -0.466 e. The molecule has 0 saturated heterocycles. The zero-order valence-corrected chi connectivity index (χ0v) is 21.9. The molecule has 1 aliphatic rings. The van der Waals surface area contributed by atoms with Gasteiger partial charge < -0.3 is 9.15 Å². The van der Waals surface area contributed by atoms with Crippen molar-refractivity contribution >= 4 is 22.6 Å². The zero-order chi connectivity index (χ0) is 25.0. The first-order valence-corrected chi connectivity index (χ1v) is 13.7. The molecule has 1 aromatic heterocycles. The van der Waals surface area contributed by atoms with Crippen molar-refractivity contribution in [3.8, 4) is 0 Å². The van der Waals surface area contributed by atoms with Crippen LogP contribution in [-0.2, 0) is 15.9 Å². The van der Waals surface area contributed by atoms with Gasteiger partial charge in [-0.15, -0.1) is 0 Å². The molecule has 0 radical (unpaired) electrons. The molecule has 184 valence electrons. The van der Waals surface area contributed by atoms with Crippen LogP contribution in [0, 0.1) is 17.6 Å². The Labute approximate surface area is 224 Å². The van der Waals surface area contributed by atoms with Crippen molar-refractivity contribution in [3.63, 3.8) is 0 Å². The second-order valence-electron chi connectivity index (χ2n) is 9.10. The van der Waals surface area contributed by atoms with E-state index in [1.165, 1.54) is 12.1 Å². The van der Waals surface area contributed by atoms with Crippen LogP contribution in [0.15, 0.2) is 114 Å². The summed E-state index contributed by atoms with van der Waals surface area (Å²) in [6.45, 7) is 0. The SMILES string of the molecule is Fc1ccc([C@@](CI)(OC(c2ccccc2)(c2ccccc2)[C@H]2C=CCCC2)c2ccco2)c(F)c1. The van der Waals surface area contributed by atoms with Gasteiger partial charge in [0, 0.05) is 22.0 Å². The van der Waals surface area contributed by atoms with Crippen molar-refractivity contribution in [2.75, 3.05) is 4.43 Å². The van der Waals surface area contributed by atoms with Crippen LogP contribution >= 0.6 is 22.6 Å². The van der Waals surface area contributed by atoms with Crippen LogP contribution in [0.3, 0.4) is 0 Å². The van der Waals surface area contributed by atoms with Crippen LogP contribution in [0.25, 0.3) is 0 Å². The second-order valence-corrected chi connectivity index (χ2v) is 9.86. The molecular weight excluding hydrogens is 569 g/mol. The molecule has 5 heteroatoms. The fraction of sp³-hybridized carbons (Fsp3) is 0.226.